The van der Waals surface area contributed by atoms with Gasteiger partial charge in [-0.05, 0) is 25.0 Å². The first-order valence-electron chi connectivity index (χ1n) is 7.19. The van der Waals surface area contributed by atoms with Crippen molar-refractivity contribution >= 4 is 21.6 Å². The number of benzene rings is 1. The number of hydrogen-bond acceptors (Lipinski definition) is 3. The maximum absolute atomic E-state index is 11.8. The zero-order chi connectivity index (χ0) is 15.9. The van der Waals surface area contributed by atoms with Crippen LogP contribution in [0.2, 0.25) is 0 Å². The van der Waals surface area contributed by atoms with Crippen molar-refractivity contribution in [3.8, 4) is 0 Å². The highest BCUT2D eigenvalue weighted by atomic mass is 32.2. The molecule has 1 atom stereocenters. The summed E-state index contributed by atoms with van der Waals surface area (Å²) in [5.74, 6) is -0.00916. The molecule has 0 aliphatic heterocycles. The van der Waals surface area contributed by atoms with Crippen LogP contribution in [0.25, 0.3) is 0 Å². The zero-order valence-electron chi connectivity index (χ0n) is 12.8. The van der Waals surface area contributed by atoms with Crippen LogP contribution in [0.3, 0.4) is 0 Å². The van der Waals surface area contributed by atoms with E-state index >= 15 is 0 Å². The van der Waals surface area contributed by atoms with E-state index in [1.807, 2.05) is 19.1 Å². The fraction of sp³-hybridized carbons (Fsp3) is 0.533. The molecule has 0 heterocycles. The van der Waals surface area contributed by atoms with Crippen LogP contribution in [0.1, 0.15) is 51.1 Å². The third kappa shape index (κ3) is 6.62. The first-order chi connectivity index (χ1) is 9.83. The second-order valence-electron chi connectivity index (χ2n) is 5.21. The number of carbonyl (C=O) groups is 1. The second kappa shape index (κ2) is 8.02. The number of amides is 1. The van der Waals surface area contributed by atoms with Gasteiger partial charge in [-0.3, -0.25) is 9.52 Å². The highest BCUT2D eigenvalue weighted by Gasteiger charge is 2.14. The van der Waals surface area contributed by atoms with Crippen molar-refractivity contribution in [2.24, 2.45) is 0 Å². The van der Waals surface area contributed by atoms with E-state index in [1.165, 1.54) is 0 Å². The Hall–Kier alpha value is -1.56. The largest absolute Gasteiger partial charge is 0.350 e. The number of anilines is 1. The van der Waals surface area contributed by atoms with Gasteiger partial charge in [0.25, 0.3) is 0 Å². The quantitative estimate of drug-likeness (QED) is 0.725. The summed E-state index contributed by atoms with van der Waals surface area (Å²) in [4.78, 5) is 11.8. The van der Waals surface area contributed by atoms with Gasteiger partial charge in [-0.2, -0.15) is 0 Å². The van der Waals surface area contributed by atoms with Gasteiger partial charge in [-0.15, -0.1) is 0 Å². The summed E-state index contributed by atoms with van der Waals surface area (Å²) in [6.45, 7) is 3.94. The highest BCUT2D eigenvalue weighted by Crippen LogP contribution is 2.23. The van der Waals surface area contributed by atoms with Crippen LogP contribution in [-0.2, 0) is 14.8 Å². The second-order valence-corrected chi connectivity index (χ2v) is 6.96. The molecule has 1 amide bonds. The molecule has 0 saturated heterocycles. The Balaban J connectivity index is 2.73. The van der Waals surface area contributed by atoms with Gasteiger partial charge in [-0.1, -0.05) is 38.0 Å². The molecule has 0 fully saturated rings. The van der Waals surface area contributed by atoms with Gasteiger partial charge in [-0.25, -0.2) is 8.42 Å². The van der Waals surface area contributed by atoms with Crippen molar-refractivity contribution in [1.82, 2.24) is 5.32 Å². The number of carbonyl (C=O) groups excluding carboxylic acids is 1. The number of unbranched alkanes of at least 4 members (excludes halogenated alkanes) is 2. The van der Waals surface area contributed by atoms with Crippen LogP contribution < -0.4 is 10.0 Å². The lowest BCUT2D eigenvalue weighted by molar-refractivity contribution is -0.121. The molecule has 0 aliphatic carbocycles. The summed E-state index contributed by atoms with van der Waals surface area (Å²) in [6, 6.07) is 6.83. The zero-order valence-corrected chi connectivity index (χ0v) is 13.7. The minimum absolute atomic E-state index is 0.00916. The summed E-state index contributed by atoms with van der Waals surface area (Å²) >= 11 is 0. The summed E-state index contributed by atoms with van der Waals surface area (Å²) < 4.78 is 25.2. The molecule has 0 saturated carbocycles. The van der Waals surface area contributed by atoms with Gasteiger partial charge in [0, 0.05) is 6.42 Å². The minimum Gasteiger partial charge on any atom is -0.350 e. The first kappa shape index (κ1) is 17.5. The topological polar surface area (TPSA) is 75.3 Å². The van der Waals surface area contributed by atoms with Crippen LogP contribution in [-0.4, -0.2) is 20.6 Å². The predicted octanol–water partition coefficient (Wildman–Crippen LogP) is 2.82. The number of para-hydroxylation sites is 1. The Morgan fingerprint density at radius 1 is 1.24 bits per heavy atom. The number of hydrogen-bond donors (Lipinski definition) is 2. The van der Waals surface area contributed by atoms with E-state index in [0.29, 0.717) is 12.1 Å². The van der Waals surface area contributed by atoms with E-state index < -0.39 is 10.0 Å². The van der Waals surface area contributed by atoms with E-state index in [0.717, 1.165) is 31.1 Å². The Morgan fingerprint density at radius 3 is 2.52 bits per heavy atom. The highest BCUT2D eigenvalue weighted by molar-refractivity contribution is 7.92. The minimum atomic E-state index is -3.34. The SMILES string of the molecule is CCCCCC(=O)N[C@H](C)c1ccccc1NS(C)(=O)=O. The van der Waals surface area contributed by atoms with Crippen LogP contribution in [0.4, 0.5) is 5.69 Å². The van der Waals surface area contributed by atoms with E-state index in [4.69, 9.17) is 0 Å². The van der Waals surface area contributed by atoms with Crippen LogP contribution in [0.15, 0.2) is 24.3 Å². The Morgan fingerprint density at radius 2 is 1.90 bits per heavy atom. The van der Waals surface area contributed by atoms with Crippen molar-refractivity contribution in [3.63, 3.8) is 0 Å². The maximum Gasteiger partial charge on any atom is 0.229 e. The molecule has 1 aromatic rings. The van der Waals surface area contributed by atoms with Gasteiger partial charge in [0.05, 0.1) is 18.0 Å². The van der Waals surface area contributed by atoms with E-state index in [-0.39, 0.29) is 11.9 Å². The van der Waals surface area contributed by atoms with Gasteiger partial charge >= 0.3 is 0 Å². The normalized spacial score (nSPS) is 12.7. The van der Waals surface area contributed by atoms with Crippen LogP contribution in [0, 0.1) is 0 Å². The lowest BCUT2D eigenvalue weighted by Crippen LogP contribution is -2.27. The summed E-state index contributed by atoms with van der Waals surface area (Å²) in [7, 11) is -3.34. The standard InChI is InChI=1S/C15H24N2O3S/c1-4-5-6-11-15(18)16-12(2)13-9-7-8-10-14(13)17-21(3,19)20/h7-10,12,17H,4-6,11H2,1-3H3,(H,16,18)/t12-/m1/s1. The molecule has 0 aliphatic rings. The molecule has 118 valence electrons. The number of rotatable bonds is 8. The molecule has 0 spiro atoms. The maximum atomic E-state index is 11.8. The summed E-state index contributed by atoms with van der Waals surface area (Å²) in [5, 5.41) is 2.91. The molecule has 2 N–H and O–H groups in total. The van der Waals surface area contributed by atoms with Gasteiger partial charge in [0.15, 0.2) is 0 Å². The van der Waals surface area contributed by atoms with Gasteiger partial charge in [0.1, 0.15) is 0 Å². The van der Waals surface area contributed by atoms with Crippen molar-refractivity contribution in [2.45, 2.75) is 45.6 Å². The molecule has 0 bridgehead atoms. The van der Waals surface area contributed by atoms with Crippen molar-refractivity contribution in [3.05, 3.63) is 29.8 Å². The van der Waals surface area contributed by atoms with E-state index in [9.17, 15) is 13.2 Å². The average molecular weight is 312 g/mol. The van der Waals surface area contributed by atoms with Crippen LogP contribution in [0.5, 0.6) is 0 Å². The fourth-order valence-corrected chi connectivity index (χ4v) is 2.68. The Labute approximate surface area is 127 Å². The molecule has 1 aromatic carbocycles. The molecule has 0 aromatic heterocycles. The molecule has 0 unspecified atom stereocenters. The lowest BCUT2D eigenvalue weighted by Gasteiger charge is -2.18. The average Bonchev–Trinajstić information content (AvgIpc) is 2.37. The van der Waals surface area contributed by atoms with Crippen molar-refractivity contribution in [2.75, 3.05) is 11.0 Å². The van der Waals surface area contributed by atoms with E-state index in [1.54, 1.807) is 12.1 Å². The van der Waals surface area contributed by atoms with Crippen molar-refractivity contribution in [1.29, 1.82) is 0 Å². The molecule has 5 nitrogen and oxygen atoms in total. The molecule has 6 heteroatoms. The fourth-order valence-electron chi connectivity index (χ4n) is 2.09. The Bertz CT molecular complexity index is 570. The Kier molecular flexibility index (Phi) is 6.68. The van der Waals surface area contributed by atoms with Crippen molar-refractivity contribution < 1.29 is 13.2 Å². The molecule has 1 rings (SSSR count). The lowest BCUT2D eigenvalue weighted by atomic mass is 10.1. The molecular formula is C15H24N2O3S. The smallest absolute Gasteiger partial charge is 0.229 e. The molecule has 0 radical (unpaired) electrons. The molecule has 21 heavy (non-hydrogen) atoms. The van der Waals surface area contributed by atoms with Gasteiger partial charge < -0.3 is 5.32 Å². The first-order valence-corrected chi connectivity index (χ1v) is 9.08. The summed E-state index contributed by atoms with van der Waals surface area (Å²) in [5.41, 5.74) is 1.26. The number of sulfonamides is 1. The number of nitrogens with one attached hydrogen (secondary N) is 2. The monoisotopic (exact) mass is 312 g/mol. The van der Waals surface area contributed by atoms with Gasteiger partial charge in [0.2, 0.25) is 15.9 Å². The predicted molar refractivity (Wildman–Crippen MR) is 85.6 cm³/mol. The summed E-state index contributed by atoms with van der Waals surface area (Å²) in [6.07, 6.45) is 4.59. The third-order valence-corrected chi connectivity index (χ3v) is 3.70. The van der Waals surface area contributed by atoms with Crippen LogP contribution >= 0.6 is 0 Å². The third-order valence-electron chi connectivity index (χ3n) is 3.11. The molecular weight excluding hydrogens is 288 g/mol. The van der Waals surface area contributed by atoms with E-state index in [2.05, 4.69) is 17.0 Å².